The number of hydrogen-bond acceptors (Lipinski definition) is 4. The summed E-state index contributed by atoms with van der Waals surface area (Å²) >= 11 is 0. The van der Waals surface area contributed by atoms with Crippen molar-refractivity contribution < 1.29 is 14.3 Å². The Morgan fingerprint density at radius 1 is 1.08 bits per heavy atom. The minimum Gasteiger partial charge on any atom is -0.486 e. The van der Waals surface area contributed by atoms with Gasteiger partial charge in [0.25, 0.3) is 0 Å². The van der Waals surface area contributed by atoms with E-state index in [1.807, 2.05) is 55.5 Å². The molecule has 1 amide bonds. The van der Waals surface area contributed by atoms with Crippen LogP contribution in [0.2, 0.25) is 0 Å². The van der Waals surface area contributed by atoms with Gasteiger partial charge in [0, 0.05) is 18.7 Å². The molecule has 1 heterocycles. The lowest BCUT2D eigenvalue weighted by molar-refractivity contribution is -0.116. The van der Waals surface area contributed by atoms with E-state index in [0.29, 0.717) is 13.0 Å². The van der Waals surface area contributed by atoms with Gasteiger partial charge in [0.1, 0.15) is 12.7 Å². The lowest BCUT2D eigenvalue weighted by atomic mass is 10.2. The molecule has 1 aliphatic heterocycles. The van der Waals surface area contributed by atoms with Crippen molar-refractivity contribution in [1.29, 1.82) is 0 Å². The predicted octanol–water partition coefficient (Wildman–Crippen LogP) is 3.53. The molecule has 0 saturated heterocycles. The minimum atomic E-state index is 0.0229. The molecule has 0 aromatic heterocycles. The van der Waals surface area contributed by atoms with E-state index in [4.69, 9.17) is 9.47 Å². The summed E-state index contributed by atoms with van der Waals surface area (Å²) in [6.45, 7) is 4.19. The third kappa shape index (κ3) is 5.49. The third-order valence-corrected chi connectivity index (χ3v) is 4.28. The standard InChI is InChI=1S/C21H26N2O3/c1-16-9-11-17(12-10-16)23-21(24)8-4-5-13-22-14-18-15-25-19-6-2-3-7-20(19)26-18/h2-3,6-7,9-12,18,22H,4-5,8,13-15H2,1H3,(H,23,24). The van der Waals surface area contributed by atoms with Crippen molar-refractivity contribution in [3.8, 4) is 11.5 Å². The van der Waals surface area contributed by atoms with Crippen LogP contribution >= 0.6 is 0 Å². The molecule has 5 heteroatoms. The van der Waals surface area contributed by atoms with Crippen LogP contribution in [0.4, 0.5) is 5.69 Å². The fourth-order valence-corrected chi connectivity index (χ4v) is 2.82. The van der Waals surface area contributed by atoms with E-state index in [1.54, 1.807) is 0 Å². The zero-order valence-electron chi connectivity index (χ0n) is 15.2. The lowest BCUT2D eigenvalue weighted by Gasteiger charge is -2.26. The number of carbonyl (C=O) groups excluding carboxylic acids is 1. The normalized spacial score (nSPS) is 15.5. The van der Waals surface area contributed by atoms with Gasteiger partial charge in [0.05, 0.1) is 0 Å². The largest absolute Gasteiger partial charge is 0.486 e. The Bertz CT molecular complexity index is 715. The van der Waals surface area contributed by atoms with Crippen LogP contribution in [0.25, 0.3) is 0 Å². The highest BCUT2D eigenvalue weighted by molar-refractivity contribution is 5.90. The first-order chi connectivity index (χ1) is 12.7. The zero-order valence-corrected chi connectivity index (χ0v) is 15.2. The summed E-state index contributed by atoms with van der Waals surface area (Å²) < 4.78 is 11.6. The summed E-state index contributed by atoms with van der Waals surface area (Å²) in [5.41, 5.74) is 2.04. The predicted molar refractivity (Wildman–Crippen MR) is 103 cm³/mol. The van der Waals surface area contributed by atoms with Gasteiger partial charge in [0.2, 0.25) is 5.91 Å². The molecule has 2 aromatic carbocycles. The SMILES string of the molecule is Cc1ccc(NC(=O)CCCCNCC2COc3ccccc3O2)cc1. The molecule has 1 atom stereocenters. The van der Waals surface area contributed by atoms with Crippen molar-refractivity contribution in [3.05, 3.63) is 54.1 Å². The molecule has 0 saturated carbocycles. The number of rotatable bonds is 8. The highest BCUT2D eigenvalue weighted by Gasteiger charge is 2.19. The van der Waals surface area contributed by atoms with Crippen molar-refractivity contribution in [2.24, 2.45) is 0 Å². The Morgan fingerprint density at radius 3 is 2.65 bits per heavy atom. The van der Waals surface area contributed by atoms with Crippen LogP contribution in [0.5, 0.6) is 11.5 Å². The Labute approximate surface area is 154 Å². The average Bonchev–Trinajstić information content (AvgIpc) is 2.66. The smallest absolute Gasteiger partial charge is 0.224 e. The van der Waals surface area contributed by atoms with Gasteiger partial charge in [-0.1, -0.05) is 29.8 Å². The first kappa shape index (κ1) is 18.3. The Morgan fingerprint density at radius 2 is 1.85 bits per heavy atom. The molecule has 1 unspecified atom stereocenters. The van der Waals surface area contributed by atoms with Gasteiger partial charge in [-0.3, -0.25) is 4.79 Å². The maximum absolute atomic E-state index is 11.9. The zero-order chi connectivity index (χ0) is 18.2. The summed E-state index contributed by atoms with van der Waals surface area (Å²) in [5.74, 6) is 1.68. The second kappa shape index (κ2) is 9.25. The van der Waals surface area contributed by atoms with Crippen molar-refractivity contribution in [1.82, 2.24) is 5.32 Å². The van der Waals surface area contributed by atoms with Crippen molar-refractivity contribution in [3.63, 3.8) is 0 Å². The average molecular weight is 354 g/mol. The van der Waals surface area contributed by atoms with Crippen molar-refractivity contribution >= 4 is 11.6 Å². The summed E-state index contributed by atoms with van der Waals surface area (Å²) in [6.07, 6.45) is 2.36. The van der Waals surface area contributed by atoms with Crippen LogP contribution < -0.4 is 20.1 Å². The van der Waals surface area contributed by atoms with E-state index in [-0.39, 0.29) is 12.0 Å². The lowest BCUT2D eigenvalue weighted by Crippen LogP contribution is -2.38. The number of unbranched alkanes of at least 4 members (excludes halogenated alkanes) is 1. The highest BCUT2D eigenvalue weighted by Crippen LogP contribution is 2.30. The molecular weight excluding hydrogens is 328 g/mol. The van der Waals surface area contributed by atoms with E-state index >= 15 is 0 Å². The maximum Gasteiger partial charge on any atom is 0.224 e. The van der Waals surface area contributed by atoms with Crippen LogP contribution in [0.3, 0.4) is 0 Å². The number of carbonyl (C=O) groups is 1. The molecular formula is C21H26N2O3. The van der Waals surface area contributed by atoms with E-state index in [1.165, 1.54) is 5.56 Å². The molecule has 2 N–H and O–H groups in total. The second-order valence-corrected chi connectivity index (χ2v) is 6.57. The number of ether oxygens (including phenoxy) is 2. The van der Waals surface area contributed by atoms with Gasteiger partial charge in [-0.15, -0.1) is 0 Å². The summed E-state index contributed by atoms with van der Waals surface area (Å²) in [4.78, 5) is 11.9. The van der Waals surface area contributed by atoms with Gasteiger partial charge >= 0.3 is 0 Å². The molecule has 2 aromatic rings. The third-order valence-electron chi connectivity index (χ3n) is 4.28. The number of amides is 1. The topological polar surface area (TPSA) is 59.6 Å². The molecule has 0 aliphatic carbocycles. The molecule has 5 nitrogen and oxygen atoms in total. The summed E-state index contributed by atoms with van der Waals surface area (Å²) in [6, 6.07) is 15.6. The fraction of sp³-hybridized carbons (Fsp3) is 0.381. The van der Waals surface area contributed by atoms with E-state index < -0.39 is 0 Å². The van der Waals surface area contributed by atoms with Gasteiger partial charge < -0.3 is 20.1 Å². The number of fused-ring (bicyclic) bond motifs is 1. The number of benzene rings is 2. The first-order valence-corrected chi connectivity index (χ1v) is 9.16. The van der Waals surface area contributed by atoms with Gasteiger partial charge in [-0.2, -0.15) is 0 Å². The molecule has 1 aliphatic rings. The molecule has 0 fully saturated rings. The molecule has 0 bridgehead atoms. The van der Waals surface area contributed by atoms with Crippen LogP contribution in [-0.4, -0.2) is 31.7 Å². The monoisotopic (exact) mass is 354 g/mol. The second-order valence-electron chi connectivity index (χ2n) is 6.57. The number of anilines is 1. The number of para-hydroxylation sites is 2. The minimum absolute atomic E-state index is 0.0229. The molecule has 0 radical (unpaired) electrons. The Balaban J connectivity index is 1.26. The van der Waals surface area contributed by atoms with E-state index in [0.717, 1.165) is 43.1 Å². The fourth-order valence-electron chi connectivity index (χ4n) is 2.82. The van der Waals surface area contributed by atoms with Crippen LogP contribution in [-0.2, 0) is 4.79 Å². The quantitative estimate of drug-likeness (QED) is 0.712. The molecule has 0 spiro atoms. The van der Waals surface area contributed by atoms with Crippen LogP contribution in [0.1, 0.15) is 24.8 Å². The number of nitrogens with one attached hydrogen (secondary N) is 2. The Hall–Kier alpha value is -2.53. The van der Waals surface area contributed by atoms with E-state index in [9.17, 15) is 4.79 Å². The first-order valence-electron chi connectivity index (χ1n) is 9.16. The summed E-state index contributed by atoms with van der Waals surface area (Å²) in [5, 5.41) is 6.30. The van der Waals surface area contributed by atoms with Crippen molar-refractivity contribution in [2.45, 2.75) is 32.3 Å². The van der Waals surface area contributed by atoms with Gasteiger partial charge in [0.15, 0.2) is 11.5 Å². The van der Waals surface area contributed by atoms with E-state index in [2.05, 4.69) is 10.6 Å². The Kier molecular flexibility index (Phi) is 6.50. The summed E-state index contributed by atoms with van der Waals surface area (Å²) in [7, 11) is 0. The van der Waals surface area contributed by atoms with Crippen LogP contribution in [0, 0.1) is 6.92 Å². The number of hydrogen-bond donors (Lipinski definition) is 2. The number of aryl methyl sites for hydroxylation is 1. The molecule has 138 valence electrons. The highest BCUT2D eigenvalue weighted by atomic mass is 16.6. The maximum atomic E-state index is 11.9. The molecule has 3 rings (SSSR count). The molecule has 26 heavy (non-hydrogen) atoms. The van der Waals surface area contributed by atoms with Gasteiger partial charge in [-0.05, 0) is 50.6 Å². The van der Waals surface area contributed by atoms with Crippen LogP contribution in [0.15, 0.2) is 48.5 Å². The van der Waals surface area contributed by atoms with Crippen molar-refractivity contribution in [2.75, 3.05) is 25.0 Å². The van der Waals surface area contributed by atoms with Gasteiger partial charge in [-0.25, -0.2) is 0 Å².